The van der Waals surface area contributed by atoms with Crippen molar-refractivity contribution in [1.82, 2.24) is 5.43 Å². The lowest BCUT2D eigenvalue weighted by Crippen LogP contribution is -2.18. The first-order chi connectivity index (χ1) is 8.31. The van der Waals surface area contributed by atoms with Crippen molar-refractivity contribution in [3.63, 3.8) is 0 Å². The fourth-order valence-corrected chi connectivity index (χ4v) is 2.73. The summed E-state index contributed by atoms with van der Waals surface area (Å²) in [6.45, 7) is 2.02. The second-order valence-electron chi connectivity index (χ2n) is 3.31. The van der Waals surface area contributed by atoms with Crippen LogP contribution in [0.4, 0.5) is 0 Å². The molecular formula is C12H12N2OS2. The molecule has 0 aliphatic heterocycles. The third kappa shape index (κ3) is 3.01. The zero-order chi connectivity index (χ0) is 12.1. The highest BCUT2D eigenvalue weighted by Gasteiger charge is 2.06. The van der Waals surface area contributed by atoms with Crippen LogP contribution in [0.1, 0.15) is 27.9 Å². The summed E-state index contributed by atoms with van der Waals surface area (Å²) in [7, 11) is 0. The van der Waals surface area contributed by atoms with Crippen LogP contribution in [0.5, 0.6) is 0 Å². The van der Waals surface area contributed by atoms with Gasteiger partial charge in [0.05, 0.1) is 15.5 Å². The minimum absolute atomic E-state index is 0.150. The normalized spacial score (nSPS) is 11.5. The van der Waals surface area contributed by atoms with Crippen LogP contribution < -0.4 is 5.43 Å². The monoisotopic (exact) mass is 264 g/mol. The molecule has 2 rings (SSSR count). The maximum Gasteiger partial charge on any atom is 0.281 e. The zero-order valence-electron chi connectivity index (χ0n) is 9.34. The van der Waals surface area contributed by atoms with Crippen molar-refractivity contribution in [2.75, 3.05) is 0 Å². The van der Waals surface area contributed by atoms with Crippen molar-refractivity contribution in [1.29, 1.82) is 0 Å². The maximum absolute atomic E-state index is 11.7. The van der Waals surface area contributed by atoms with E-state index in [2.05, 4.69) is 10.5 Å². The maximum atomic E-state index is 11.7. The average molecular weight is 264 g/mol. The Hall–Kier alpha value is -1.46. The average Bonchev–Trinajstić information content (AvgIpc) is 3.02. The fraction of sp³-hybridized carbons (Fsp3) is 0.167. The molecule has 0 atom stereocenters. The number of nitrogens with one attached hydrogen (secondary N) is 1. The molecule has 5 heteroatoms. The minimum Gasteiger partial charge on any atom is -0.266 e. The fourth-order valence-electron chi connectivity index (χ4n) is 1.33. The van der Waals surface area contributed by atoms with E-state index in [1.807, 2.05) is 35.9 Å². The predicted molar refractivity (Wildman–Crippen MR) is 72.9 cm³/mol. The van der Waals surface area contributed by atoms with Crippen LogP contribution in [0.15, 0.2) is 40.1 Å². The van der Waals surface area contributed by atoms with Crippen molar-refractivity contribution in [2.45, 2.75) is 13.3 Å². The van der Waals surface area contributed by atoms with E-state index in [1.54, 1.807) is 17.4 Å². The highest BCUT2D eigenvalue weighted by molar-refractivity contribution is 7.12. The summed E-state index contributed by atoms with van der Waals surface area (Å²) in [6, 6.07) is 7.62. The largest absolute Gasteiger partial charge is 0.281 e. The van der Waals surface area contributed by atoms with Gasteiger partial charge in [-0.1, -0.05) is 19.1 Å². The molecule has 0 spiro atoms. The zero-order valence-corrected chi connectivity index (χ0v) is 11.0. The molecule has 0 bridgehead atoms. The summed E-state index contributed by atoms with van der Waals surface area (Å²) in [5, 5.41) is 8.05. The second-order valence-corrected chi connectivity index (χ2v) is 5.20. The molecule has 0 fully saturated rings. The Kier molecular flexibility index (Phi) is 4.06. The summed E-state index contributed by atoms with van der Waals surface area (Å²) >= 11 is 3.03. The third-order valence-electron chi connectivity index (χ3n) is 2.18. The van der Waals surface area contributed by atoms with E-state index in [0.717, 1.165) is 17.0 Å². The Balaban J connectivity index is 2.07. The van der Waals surface area contributed by atoms with E-state index in [0.29, 0.717) is 4.88 Å². The molecule has 0 radical (unpaired) electrons. The van der Waals surface area contributed by atoms with Crippen LogP contribution in [0, 0.1) is 0 Å². The summed E-state index contributed by atoms with van der Waals surface area (Å²) in [5.74, 6) is -0.150. The van der Waals surface area contributed by atoms with Gasteiger partial charge >= 0.3 is 0 Å². The molecule has 0 aliphatic rings. The lowest BCUT2D eigenvalue weighted by atomic mass is 10.2. The number of hydrazone groups is 1. The molecule has 2 aromatic rings. The van der Waals surface area contributed by atoms with Crippen LogP contribution in [-0.4, -0.2) is 11.6 Å². The van der Waals surface area contributed by atoms with Gasteiger partial charge in [0.25, 0.3) is 5.91 Å². The smallest absolute Gasteiger partial charge is 0.266 e. The molecule has 2 heterocycles. The van der Waals surface area contributed by atoms with Gasteiger partial charge in [-0.05, 0) is 29.3 Å². The molecule has 1 N–H and O–H groups in total. The first kappa shape index (κ1) is 12.0. The lowest BCUT2D eigenvalue weighted by molar-refractivity contribution is 0.0959. The Labute approximate surface area is 108 Å². The standard InChI is InChI=1S/C12H12N2OS2/c1-2-9(10-5-3-7-16-10)13-14-12(15)11-6-4-8-17-11/h3-8H,2H2,1H3,(H,14,15)/b13-9-. The molecule has 0 aromatic carbocycles. The van der Waals surface area contributed by atoms with Gasteiger partial charge < -0.3 is 0 Å². The molecule has 0 saturated carbocycles. The molecule has 3 nitrogen and oxygen atoms in total. The van der Waals surface area contributed by atoms with Gasteiger partial charge in [0.1, 0.15) is 0 Å². The van der Waals surface area contributed by atoms with Gasteiger partial charge in [0, 0.05) is 0 Å². The molecule has 1 amide bonds. The first-order valence-corrected chi connectivity index (χ1v) is 7.01. The Morgan fingerprint density at radius 1 is 1.24 bits per heavy atom. The summed E-state index contributed by atoms with van der Waals surface area (Å²) in [4.78, 5) is 13.5. The number of hydrogen-bond donors (Lipinski definition) is 1. The highest BCUT2D eigenvalue weighted by atomic mass is 32.1. The highest BCUT2D eigenvalue weighted by Crippen LogP contribution is 2.12. The van der Waals surface area contributed by atoms with Gasteiger partial charge in [-0.15, -0.1) is 22.7 Å². The number of amides is 1. The lowest BCUT2D eigenvalue weighted by Gasteiger charge is -2.01. The minimum atomic E-state index is -0.150. The van der Waals surface area contributed by atoms with E-state index >= 15 is 0 Å². The molecular weight excluding hydrogens is 252 g/mol. The summed E-state index contributed by atoms with van der Waals surface area (Å²) in [6.07, 6.45) is 0.797. The van der Waals surface area contributed by atoms with E-state index in [9.17, 15) is 4.79 Å². The Morgan fingerprint density at radius 3 is 2.41 bits per heavy atom. The number of hydrogen-bond acceptors (Lipinski definition) is 4. The topological polar surface area (TPSA) is 41.5 Å². The van der Waals surface area contributed by atoms with Crippen LogP contribution >= 0.6 is 22.7 Å². The van der Waals surface area contributed by atoms with Crippen LogP contribution in [-0.2, 0) is 0 Å². The third-order valence-corrected chi connectivity index (χ3v) is 3.97. The van der Waals surface area contributed by atoms with Crippen molar-refractivity contribution in [3.8, 4) is 0 Å². The predicted octanol–water partition coefficient (Wildman–Crippen LogP) is 3.35. The molecule has 0 aliphatic carbocycles. The van der Waals surface area contributed by atoms with E-state index in [1.165, 1.54) is 11.3 Å². The quantitative estimate of drug-likeness (QED) is 0.667. The van der Waals surface area contributed by atoms with Crippen molar-refractivity contribution < 1.29 is 4.79 Å². The first-order valence-electron chi connectivity index (χ1n) is 5.25. The van der Waals surface area contributed by atoms with Gasteiger partial charge in [0.2, 0.25) is 0 Å². The van der Waals surface area contributed by atoms with E-state index in [-0.39, 0.29) is 5.91 Å². The van der Waals surface area contributed by atoms with Gasteiger partial charge in [-0.25, -0.2) is 5.43 Å². The summed E-state index contributed by atoms with van der Waals surface area (Å²) in [5.41, 5.74) is 3.50. The van der Waals surface area contributed by atoms with Crippen molar-refractivity contribution in [3.05, 3.63) is 44.8 Å². The second kappa shape index (κ2) is 5.75. The van der Waals surface area contributed by atoms with Crippen LogP contribution in [0.3, 0.4) is 0 Å². The van der Waals surface area contributed by atoms with Crippen molar-refractivity contribution in [2.24, 2.45) is 5.10 Å². The molecule has 0 unspecified atom stereocenters. The van der Waals surface area contributed by atoms with Crippen molar-refractivity contribution >= 4 is 34.3 Å². The number of carbonyl (C=O) groups is 1. The van der Waals surface area contributed by atoms with E-state index in [4.69, 9.17) is 0 Å². The van der Waals surface area contributed by atoms with Crippen LogP contribution in [0.2, 0.25) is 0 Å². The molecule has 17 heavy (non-hydrogen) atoms. The molecule has 2 aromatic heterocycles. The van der Waals surface area contributed by atoms with Crippen LogP contribution in [0.25, 0.3) is 0 Å². The molecule has 0 saturated heterocycles. The summed E-state index contributed by atoms with van der Waals surface area (Å²) < 4.78 is 0. The van der Waals surface area contributed by atoms with Gasteiger partial charge in [-0.2, -0.15) is 5.10 Å². The Morgan fingerprint density at radius 2 is 1.88 bits per heavy atom. The van der Waals surface area contributed by atoms with Gasteiger partial charge in [0.15, 0.2) is 0 Å². The SMILES string of the molecule is CC/C(=N/NC(=O)c1cccs1)c1cccs1. The van der Waals surface area contributed by atoms with Gasteiger partial charge in [-0.3, -0.25) is 4.79 Å². The number of carbonyl (C=O) groups excluding carboxylic acids is 1. The van der Waals surface area contributed by atoms with E-state index < -0.39 is 0 Å². The number of nitrogens with zero attached hydrogens (tertiary/aromatic N) is 1. The number of thiophene rings is 2. The molecule has 88 valence electrons. The Bertz CT molecular complexity index is 501. The number of rotatable bonds is 4.